The summed E-state index contributed by atoms with van der Waals surface area (Å²) in [6.45, 7) is 0.0424. The number of anilines is 1. The molecule has 0 aliphatic heterocycles. The molecule has 1 amide bonds. The number of carbonyl (C=O) groups excluding carboxylic acids is 1. The Morgan fingerprint density at radius 2 is 2.41 bits per heavy atom. The van der Waals surface area contributed by atoms with Crippen molar-refractivity contribution in [2.75, 3.05) is 18.5 Å². The van der Waals surface area contributed by atoms with E-state index in [2.05, 4.69) is 15.3 Å². The van der Waals surface area contributed by atoms with Gasteiger partial charge in [-0.1, -0.05) is 0 Å². The molecule has 92 valence electrons. The van der Waals surface area contributed by atoms with Gasteiger partial charge in [0.25, 0.3) is 0 Å². The quantitative estimate of drug-likeness (QED) is 0.818. The SMILES string of the molecule is CN(CC(=O)NC1CC1)c1nc(Cl)ncc1F. The van der Waals surface area contributed by atoms with Gasteiger partial charge in [-0.25, -0.2) is 9.37 Å². The standard InChI is InChI=1S/C10H12ClFN4O/c1-16(5-8(17)14-6-2-3-6)9-7(12)4-13-10(11)15-9/h4,6H,2-3,5H2,1H3,(H,14,17). The summed E-state index contributed by atoms with van der Waals surface area (Å²) in [4.78, 5) is 20.2. The van der Waals surface area contributed by atoms with Gasteiger partial charge in [0.15, 0.2) is 11.6 Å². The molecular weight excluding hydrogens is 247 g/mol. The second-order valence-corrected chi connectivity index (χ2v) is 4.35. The van der Waals surface area contributed by atoms with Gasteiger partial charge in [0.2, 0.25) is 11.2 Å². The van der Waals surface area contributed by atoms with E-state index >= 15 is 0 Å². The number of hydrogen-bond donors (Lipinski definition) is 1. The van der Waals surface area contributed by atoms with E-state index in [1.54, 1.807) is 7.05 Å². The maximum absolute atomic E-state index is 13.4. The number of hydrogen-bond acceptors (Lipinski definition) is 4. The molecule has 0 atom stereocenters. The van der Waals surface area contributed by atoms with Crippen LogP contribution in [0.1, 0.15) is 12.8 Å². The van der Waals surface area contributed by atoms with E-state index in [4.69, 9.17) is 11.6 Å². The molecule has 0 spiro atoms. The second-order valence-electron chi connectivity index (χ2n) is 4.01. The number of nitrogens with one attached hydrogen (secondary N) is 1. The highest BCUT2D eigenvalue weighted by Crippen LogP contribution is 2.19. The van der Waals surface area contributed by atoms with E-state index in [-0.39, 0.29) is 29.6 Å². The molecule has 1 aliphatic carbocycles. The number of carbonyl (C=O) groups is 1. The Morgan fingerprint density at radius 3 is 3.06 bits per heavy atom. The number of rotatable bonds is 4. The number of halogens is 2. The summed E-state index contributed by atoms with van der Waals surface area (Å²) in [6.07, 6.45) is 3.02. The van der Waals surface area contributed by atoms with Gasteiger partial charge in [-0.15, -0.1) is 0 Å². The molecule has 1 fully saturated rings. The summed E-state index contributed by atoms with van der Waals surface area (Å²) in [5, 5.41) is 2.76. The maximum atomic E-state index is 13.4. The fourth-order valence-corrected chi connectivity index (χ4v) is 1.53. The molecule has 0 bridgehead atoms. The van der Waals surface area contributed by atoms with Gasteiger partial charge in [0, 0.05) is 13.1 Å². The van der Waals surface area contributed by atoms with Crippen molar-refractivity contribution >= 4 is 23.3 Å². The molecule has 0 unspecified atom stereocenters. The Hall–Kier alpha value is -1.43. The second kappa shape index (κ2) is 4.83. The Labute approximate surface area is 103 Å². The van der Waals surface area contributed by atoms with E-state index in [0.717, 1.165) is 19.0 Å². The molecule has 1 aliphatic rings. The first-order valence-corrected chi connectivity index (χ1v) is 5.62. The Morgan fingerprint density at radius 1 is 1.71 bits per heavy atom. The summed E-state index contributed by atoms with van der Waals surface area (Å²) >= 11 is 5.58. The van der Waals surface area contributed by atoms with Crippen LogP contribution in [0.4, 0.5) is 10.2 Å². The van der Waals surface area contributed by atoms with Crippen molar-refractivity contribution < 1.29 is 9.18 Å². The lowest BCUT2D eigenvalue weighted by Crippen LogP contribution is -2.37. The van der Waals surface area contributed by atoms with E-state index in [0.29, 0.717) is 0 Å². The van der Waals surface area contributed by atoms with Gasteiger partial charge in [-0.2, -0.15) is 4.98 Å². The molecular formula is C10H12ClFN4O. The van der Waals surface area contributed by atoms with Crippen molar-refractivity contribution in [2.45, 2.75) is 18.9 Å². The van der Waals surface area contributed by atoms with Crippen LogP contribution in [0, 0.1) is 5.82 Å². The molecule has 7 heteroatoms. The van der Waals surface area contributed by atoms with Crippen LogP contribution in [0.15, 0.2) is 6.20 Å². The van der Waals surface area contributed by atoms with Crippen molar-refractivity contribution in [3.05, 3.63) is 17.3 Å². The molecule has 1 aromatic heterocycles. The highest BCUT2D eigenvalue weighted by Gasteiger charge is 2.24. The molecule has 1 aromatic rings. The van der Waals surface area contributed by atoms with Gasteiger partial charge in [0.05, 0.1) is 12.7 Å². The van der Waals surface area contributed by atoms with Gasteiger partial charge in [0.1, 0.15) is 0 Å². The zero-order valence-corrected chi connectivity index (χ0v) is 10.0. The Bertz CT molecular complexity index is 438. The number of amides is 1. The first-order chi connectivity index (χ1) is 8.06. The van der Waals surface area contributed by atoms with Crippen LogP contribution < -0.4 is 10.2 Å². The Kier molecular flexibility index (Phi) is 3.42. The molecule has 1 N–H and O–H groups in total. The fourth-order valence-electron chi connectivity index (χ4n) is 1.40. The van der Waals surface area contributed by atoms with Gasteiger partial charge in [-0.3, -0.25) is 4.79 Å². The predicted octanol–water partition coefficient (Wildman–Crippen LogP) is 0.984. The minimum absolute atomic E-state index is 0.0240. The Balaban J connectivity index is 1.99. The number of nitrogens with zero attached hydrogens (tertiary/aromatic N) is 3. The van der Waals surface area contributed by atoms with Crippen molar-refractivity contribution in [1.82, 2.24) is 15.3 Å². The molecule has 0 aromatic carbocycles. The third kappa shape index (κ3) is 3.26. The zero-order valence-electron chi connectivity index (χ0n) is 9.28. The van der Waals surface area contributed by atoms with Crippen LogP contribution in [0.3, 0.4) is 0 Å². The minimum Gasteiger partial charge on any atom is -0.352 e. The van der Waals surface area contributed by atoms with Crippen molar-refractivity contribution in [1.29, 1.82) is 0 Å². The molecule has 5 nitrogen and oxygen atoms in total. The first-order valence-electron chi connectivity index (χ1n) is 5.25. The molecule has 0 saturated heterocycles. The topological polar surface area (TPSA) is 58.1 Å². The average Bonchev–Trinajstić information content (AvgIpc) is 3.05. The van der Waals surface area contributed by atoms with Crippen LogP contribution in [0.25, 0.3) is 0 Å². The smallest absolute Gasteiger partial charge is 0.239 e. The lowest BCUT2D eigenvalue weighted by atomic mass is 10.4. The highest BCUT2D eigenvalue weighted by molar-refractivity contribution is 6.28. The van der Waals surface area contributed by atoms with Gasteiger partial charge >= 0.3 is 0 Å². The van der Waals surface area contributed by atoms with E-state index in [1.807, 2.05) is 0 Å². The van der Waals surface area contributed by atoms with Gasteiger partial charge < -0.3 is 10.2 Å². The van der Waals surface area contributed by atoms with Crippen molar-refractivity contribution in [3.8, 4) is 0 Å². The summed E-state index contributed by atoms with van der Waals surface area (Å²) < 4.78 is 13.4. The average molecular weight is 259 g/mol. The molecule has 1 saturated carbocycles. The van der Waals surface area contributed by atoms with E-state index in [1.165, 1.54) is 4.90 Å². The van der Waals surface area contributed by atoms with Crippen molar-refractivity contribution in [3.63, 3.8) is 0 Å². The normalized spacial score (nSPS) is 14.5. The highest BCUT2D eigenvalue weighted by atomic mass is 35.5. The van der Waals surface area contributed by atoms with E-state index in [9.17, 15) is 9.18 Å². The van der Waals surface area contributed by atoms with E-state index < -0.39 is 5.82 Å². The minimum atomic E-state index is -0.601. The lowest BCUT2D eigenvalue weighted by Gasteiger charge is -2.17. The van der Waals surface area contributed by atoms with Crippen LogP contribution in [-0.4, -0.2) is 35.5 Å². The summed E-state index contributed by atoms with van der Waals surface area (Å²) in [7, 11) is 1.58. The maximum Gasteiger partial charge on any atom is 0.239 e. The molecule has 17 heavy (non-hydrogen) atoms. The summed E-state index contributed by atoms with van der Waals surface area (Å²) in [6, 6.07) is 0.287. The van der Waals surface area contributed by atoms with Crippen LogP contribution in [0.5, 0.6) is 0 Å². The van der Waals surface area contributed by atoms with Crippen LogP contribution >= 0.6 is 11.6 Å². The summed E-state index contributed by atoms with van der Waals surface area (Å²) in [5.74, 6) is -0.726. The van der Waals surface area contributed by atoms with Crippen molar-refractivity contribution in [2.24, 2.45) is 0 Å². The predicted molar refractivity (Wildman–Crippen MR) is 61.4 cm³/mol. The molecule has 0 radical (unpaired) electrons. The molecule has 2 rings (SSSR count). The number of likely N-dealkylation sites (N-methyl/N-ethyl adjacent to an activating group) is 1. The largest absolute Gasteiger partial charge is 0.352 e. The lowest BCUT2D eigenvalue weighted by molar-refractivity contribution is -0.119. The third-order valence-corrected chi connectivity index (χ3v) is 2.56. The summed E-state index contributed by atoms with van der Waals surface area (Å²) in [5.41, 5.74) is 0. The first kappa shape index (κ1) is 12.0. The third-order valence-electron chi connectivity index (χ3n) is 2.38. The van der Waals surface area contributed by atoms with Crippen LogP contribution in [0.2, 0.25) is 5.28 Å². The monoisotopic (exact) mass is 258 g/mol. The van der Waals surface area contributed by atoms with Gasteiger partial charge in [-0.05, 0) is 24.4 Å². The number of aromatic nitrogens is 2. The zero-order chi connectivity index (χ0) is 12.4. The fraction of sp³-hybridized carbons (Fsp3) is 0.500. The molecule has 1 heterocycles. The van der Waals surface area contributed by atoms with Crippen LogP contribution in [-0.2, 0) is 4.79 Å².